The van der Waals surface area contributed by atoms with Crippen LogP contribution in [0.1, 0.15) is 16.1 Å². The first-order valence-electron chi connectivity index (χ1n) is 5.16. The number of nitrogens with zero attached hydrogens (tertiary/aromatic N) is 1. The van der Waals surface area contributed by atoms with Crippen molar-refractivity contribution in [2.24, 2.45) is 0 Å². The molecular formula is C12H11ClN2O3. The zero-order chi connectivity index (χ0) is 13.3. The van der Waals surface area contributed by atoms with E-state index in [-0.39, 0.29) is 5.69 Å². The van der Waals surface area contributed by atoms with Gasteiger partial charge in [0.05, 0.1) is 17.8 Å². The van der Waals surface area contributed by atoms with Gasteiger partial charge in [-0.25, -0.2) is 4.79 Å². The summed E-state index contributed by atoms with van der Waals surface area (Å²) in [6.07, 6.45) is 0. The highest BCUT2D eigenvalue weighted by Gasteiger charge is 2.14. The Morgan fingerprint density at radius 3 is 2.72 bits per heavy atom. The molecule has 0 amide bonds. The zero-order valence-electron chi connectivity index (χ0n) is 9.82. The highest BCUT2D eigenvalue weighted by Crippen LogP contribution is 2.33. The van der Waals surface area contributed by atoms with Crippen LogP contribution in [0.4, 0.5) is 0 Å². The fraction of sp³-hybridized carbons (Fsp3) is 0.167. The number of aryl methyl sites for hydroxylation is 1. The minimum atomic E-state index is -1.07. The van der Waals surface area contributed by atoms with Crippen LogP contribution in [-0.2, 0) is 0 Å². The summed E-state index contributed by atoms with van der Waals surface area (Å²) in [6.45, 7) is 1.88. The summed E-state index contributed by atoms with van der Waals surface area (Å²) in [4.78, 5) is 10.8. The first kappa shape index (κ1) is 12.4. The number of hydrogen-bond acceptors (Lipinski definition) is 3. The molecule has 1 aromatic carbocycles. The van der Waals surface area contributed by atoms with Gasteiger partial charge in [-0.3, -0.25) is 5.10 Å². The lowest BCUT2D eigenvalue weighted by Crippen LogP contribution is -1.95. The SMILES string of the molecule is COc1cc(-c2cc(C(=O)O)[nH]n2)c(Cl)cc1C. The predicted molar refractivity (Wildman–Crippen MR) is 67.3 cm³/mol. The predicted octanol–water partition coefficient (Wildman–Crippen LogP) is 2.75. The number of aromatic carboxylic acids is 1. The molecule has 0 bridgehead atoms. The van der Waals surface area contributed by atoms with Gasteiger partial charge < -0.3 is 9.84 Å². The van der Waals surface area contributed by atoms with Gasteiger partial charge in [0, 0.05) is 5.56 Å². The van der Waals surface area contributed by atoms with Crippen LogP contribution in [0.25, 0.3) is 11.3 Å². The average molecular weight is 267 g/mol. The Hall–Kier alpha value is -2.01. The first-order chi connectivity index (χ1) is 8.52. The molecule has 94 valence electrons. The van der Waals surface area contributed by atoms with E-state index >= 15 is 0 Å². The van der Waals surface area contributed by atoms with Crippen molar-refractivity contribution in [3.8, 4) is 17.0 Å². The zero-order valence-corrected chi connectivity index (χ0v) is 10.6. The van der Waals surface area contributed by atoms with Crippen molar-refractivity contribution >= 4 is 17.6 Å². The Kier molecular flexibility index (Phi) is 3.25. The van der Waals surface area contributed by atoms with E-state index in [1.54, 1.807) is 19.2 Å². The van der Waals surface area contributed by atoms with Gasteiger partial charge in [0.1, 0.15) is 11.4 Å². The van der Waals surface area contributed by atoms with E-state index in [1.807, 2.05) is 6.92 Å². The van der Waals surface area contributed by atoms with E-state index < -0.39 is 5.97 Å². The van der Waals surface area contributed by atoms with Crippen molar-refractivity contribution < 1.29 is 14.6 Å². The lowest BCUT2D eigenvalue weighted by Gasteiger charge is -2.08. The summed E-state index contributed by atoms with van der Waals surface area (Å²) >= 11 is 6.12. The fourth-order valence-corrected chi connectivity index (χ4v) is 1.95. The van der Waals surface area contributed by atoms with E-state index in [1.165, 1.54) is 6.07 Å². The van der Waals surface area contributed by atoms with Crippen LogP contribution in [-0.4, -0.2) is 28.4 Å². The number of rotatable bonds is 3. The molecule has 0 aliphatic carbocycles. The van der Waals surface area contributed by atoms with Crippen LogP contribution >= 0.6 is 11.6 Å². The largest absolute Gasteiger partial charge is 0.496 e. The van der Waals surface area contributed by atoms with Crippen molar-refractivity contribution in [1.29, 1.82) is 0 Å². The van der Waals surface area contributed by atoms with Gasteiger partial charge >= 0.3 is 5.97 Å². The van der Waals surface area contributed by atoms with Crippen molar-refractivity contribution in [3.63, 3.8) is 0 Å². The summed E-state index contributed by atoms with van der Waals surface area (Å²) in [5, 5.41) is 15.7. The molecule has 18 heavy (non-hydrogen) atoms. The number of aromatic nitrogens is 2. The monoisotopic (exact) mass is 266 g/mol. The number of carboxylic acids is 1. The quantitative estimate of drug-likeness (QED) is 0.896. The van der Waals surface area contributed by atoms with Crippen LogP contribution in [0.3, 0.4) is 0 Å². The number of carboxylic acid groups (broad SMARTS) is 1. The Bertz CT molecular complexity index is 607. The maximum atomic E-state index is 10.8. The Morgan fingerprint density at radius 2 is 2.17 bits per heavy atom. The summed E-state index contributed by atoms with van der Waals surface area (Å²) in [6, 6.07) is 4.92. The van der Waals surface area contributed by atoms with Crippen LogP contribution in [0.5, 0.6) is 5.75 Å². The number of H-pyrrole nitrogens is 1. The minimum Gasteiger partial charge on any atom is -0.496 e. The average Bonchev–Trinajstić information content (AvgIpc) is 2.78. The number of hydrogen-bond donors (Lipinski definition) is 2. The Morgan fingerprint density at radius 1 is 1.44 bits per heavy atom. The van der Waals surface area contributed by atoms with E-state index in [2.05, 4.69) is 10.2 Å². The van der Waals surface area contributed by atoms with E-state index in [9.17, 15) is 4.79 Å². The second-order valence-electron chi connectivity index (χ2n) is 3.77. The molecule has 0 unspecified atom stereocenters. The number of halogens is 1. The molecule has 5 nitrogen and oxygen atoms in total. The third-order valence-corrected chi connectivity index (χ3v) is 2.88. The van der Waals surface area contributed by atoms with Gasteiger partial charge in [-0.15, -0.1) is 0 Å². The molecular weight excluding hydrogens is 256 g/mol. The maximum absolute atomic E-state index is 10.8. The highest BCUT2D eigenvalue weighted by atomic mass is 35.5. The molecule has 1 heterocycles. The van der Waals surface area contributed by atoms with E-state index in [0.29, 0.717) is 22.0 Å². The van der Waals surface area contributed by atoms with Gasteiger partial charge in [0.15, 0.2) is 0 Å². The second-order valence-corrected chi connectivity index (χ2v) is 4.18. The summed E-state index contributed by atoms with van der Waals surface area (Å²) < 4.78 is 5.20. The molecule has 0 aliphatic heterocycles. The third-order valence-electron chi connectivity index (χ3n) is 2.57. The van der Waals surface area contributed by atoms with Gasteiger partial charge in [-0.2, -0.15) is 5.10 Å². The summed E-state index contributed by atoms with van der Waals surface area (Å²) in [7, 11) is 1.56. The smallest absolute Gasteiger partial charge is 0.353 e. The second kappa shape index (κ2) is 4.70. The standard InChI is InChI=1S/C12H11ClN2O3/c1-6-3-8(13)7(4-11(6)18-2)9-5-10(12(16)17)15-14-9/h3-5H,1-2H3,(H,14,15)(H,16,17). The van der Waals surface area contributed by atoms with Gasteiger partial charge in [0.2, 0.25) is 0 Å². The third kappa shape index (κ3) is 2.17. The molecule has 0 radical (unpaired) electrons. The van der Waals surface area contributed by atoms with Gasteiger partial charge in [-0.05, 0) is 30.7 Å². The molecule has 2 rings (SSSR count). The normalized spacial score (nSPS) is 10.4. The Balaban J connectivity index is 2.52. The fourth-order valence-electron chi connectivity index (χ4n) is 1.64. The lowest BCUT2D eigenvalue weighted by atomic mass is 10.1. The number of aromatic amines is 1. The number of nitrogens with one attached hydrogen (secondary N) is 1. The molecule has 0 saturated heterocycles. The molecule has 0 spiro atoms. The van der Waals surface area contributed by atoms with Crippen molar-refractivity contribution in [3.05, 3.63) is 34.5 Å². The van der Waals surface area contributed by atoms with Crippen molar-refractivity contribution in [2.45, 2.75) is 6.92 Å². The number of methoxy groups -OCH3 is 1. The van der Waals surface area contributed by atoms with Gasteiger partial charge in [0.25, 0.3) is 0 Å². The lowest BCUT2D eigenvalue weighted by molar-refractivity contribution is 0.0690. The topological polar surface area (TPSA) is 75.2 Å². The molecule has 2 N–H and O–H groups in total. The molecule has 0 saturated carbocycles. The van der Waals surface area contributed by atoms with Crippen LogP contribution in [0.15, 0.2) is 18.2 Å². The molecule has 1 aromatic heterocycles. The van der Waals surface area contributed by atoms with E-state index in [4.69, 9.17) is 21.4 Å². The Labute approximate surface area is 108 Å². The molecule has 0 atom stereocenters. The molecule has 0 fully saturated rings. The molecule has 2 aromatic rings. The van der Waals surface area contributed by atoms with Crippen LogP contribution in [0, 0.1) is 6.92 Å². The van der Waals surface area contributed by atoms with Crippen molar-refractivity contribution in [1.82, 2.24) is 10.2 Å². The number of benzene rings is 1. The molecule has 0 aliphatic rings. The van der Waals surface area contributed by atoms with Crippen LogP contribution < -0.4 is 4.74 Å². The van der Waals surface area contributed by atoms with E-state index in [0.717, 1.165) is 5.56 Å². The van der Waals surface area contributed by atoms with Crippen LogP contribution in [0.2, 0.25) is 5.02 Å². The van der Waals surface area contributed by atoms with Gasteiger partial charge in [-0.1, -0.05) is 11.6 Å². The maximum Gasteiger partial charge on any atom is 0.353 e. The van der Waals surface area contributed by atoms with Crippen molar-refractivity contribution in [2.75, 3.05) is 7.11 Å². The highest BCUT2D eigenvalue weighted by molar-refractivity contribution is 6.33. The minimum absolute atomic E-state index is 0.0145. The summed E-state index contributed by atoms with van der Waals surface area (Å²) in [5.74, 6) is -0.391. The molecule has 6 heteroatoms. The number of carbonyl (C=O) groups is 1. The summed E-state index contributed by atoms with van der Waals surface area (Å²) in [5.41, 5.74) is 2.01. The first-order valence-corrected chi connectivity index (χ1v) is 5.54. The number of ether oxygens (including phenoxy) is 1.